The summed E-state index contributed by atoms with van der Waals surface area (Å²) in [6, 6.07) is 0. The van der Waals surface area contributed by atoms with Crippen LogP contribution in [-0.2, 0) is 33.4 Å². The molecule has 0 aromatic carbocycles. The van der Waals surface area contributed by atoms with Gasteiger partial charge in [0.05, 0.1) is 24.6 Å². The van der Waals surface area contributed by atoms with Crippen molar-refractivity contribution in [3.63, 3.8) is 0 Å². The van der Waals surface area contributed by atoms with E-state index in [9.17, 15) is 18.0 Å². The van der Waals surface area contributed by atoms with Gasteiger partial charge in [-0.15, -0.1) is 0 Å². The number of ether oxygens (including phenoxy) is 2. The van der Waals surface area contributed by atoms with Gasteiger partial charge in [-0.3, -0.25) is 13.8 Å². The van der Waals surface area contributed by atoms with Crippen LogP contribution in [0.5, 0.6) is 0 Å². The van der Waals surface area contributed by atoms with Crippen LogP contribution < -0.4 is 0 Å². The van der Waals surface area contributed by atoms with Crippen LogP contribution in [0.3, 0.4) is 0 Å². The highest BCUT2D eigenvalue weighted by molar-refractivity contribution is 7.86. The Morgan fingerprint density at radius 3 is 1.18 bits per heavy atom. The number of hydrogen-bond acceptors (Lipinski definition) is 10. The van der Waals surface area contributed by atoms with Crippen molar-refractivity contribution in [2.24, 2.45) is 0 Å². The average molecular weight is 433 g/mol. The summed E-state index contributed by atoms with van der Waals surface area (Å²) < 4.78 is 35.3. The fourth-order valence-corrected chi connectivity index (χ4v) is 1.78. The molecule has 10 nitrogen and oxygen atoms in total. The Balaban J connectivity index is -0.000000362. The molecular formula is C17H36O10S. The Kier molecular flexibility index (Phi) is 17.5. The minimum Gasteiger partial charge on any atom is -0.460 e. The summed E-state index contributed by atoms with van der Waals surface area (Å²) >= 11 is 0. The van der Waals surface area contributed by atoms with Crippen molar-refractivity contribution in [3.8, 4) is 0 Å². The molecule has 0 unspecified atom stereocenters. The summed E-state index contributed by atoms with van der Waals surface area (Å²) in [4.78, 5) is 20.7. The maximum absolute atomic E-state index is 10.7. The SMILES string of the molecule is CC(=O)O[C@@H](C)[C@@H](C)O.CC(=O)O[C@@H](C)[C@@H](C)OS(C)(=O)=O.C[C@H](O)[C@@H](C)O. The number of aliphatic hydroxyl groups excluding tert-OH is 3. The van der Waals surface area contributed by atoms with Crippen molar-refractivity contribution in [1.82, 2.24) is 0 Å². The number of carbonyl (C=O) groups is 2. The third kappa shape index (κ3) is 24.7. The first kappa shape index (κ1) is 31.4. The van der Waals surface area contributed by atoms with E-state index in [-0.39, 0.29) is 5.97 Å². The van der Waals surface area contributed by atoms with Crippen molar-refractivity contribution >= 4 is 22.1 Å². The second-order valence-electron chi connectivity index (χ2n) is 6.36. The van der Waals surface area contributed by atoms with Crippen LogP contribution in [0.25, 0.3) is 0 Å². The molecule has 0 aromatic heterocycles. The Labute approximate surface area is 167 Å². The zero-order valence-electron chi connectivity index (χ0n) is 18.1. The van der Waals surface area contributed by atoms with Crippen LogP contribution in [0.15, 0.2) is 0 Å². The minimum atomic E-state index is -3.50. The van der Waals surface area contributed by atoms with E-state index in [0.29, 0.717) is 0 Å². The maximum Gasteiger partial charge on any atom is 0.302 e. The largest absolute Gasteiger partial charge is 0.460 e. The fraction of sp³-hybridized carbons (Fsp3) is 0.882. The van der Waals surface area contributed by atoms with Crippen molar-refractivity contribution < 1.29 is 47.0 Å². The lowest BCUT2D eigenvalue weighted by Crippen LogP contribution is -2.29. The third-order valence-corrected chi connectivity index (χ3v) is 3.72. The zero-order chi connectivity index (χ0) is 23.2. The van der Waals surface area contributed by atoms with E-state index in [1.165, 1.54) is 20.8 Å². The summed E-state index contributed by atoms with van der Waals surface area (Å²) in [6.45, 7) is 12.0. The Morgan fingerprint density at radius 2 is 1.00 bits per heavy atom. The molecule has 0 amide bonds. The Hall–Kier alpha value is -1.27. The van der Waals surface area contributed by atoms with Gasteiger partial charge in [0.25, 0.3) is 10.1 Å². The lowest BCUT2D eigenvalue weighted by atomic mass is 10.3. The first-order chi connectivity index (χ1) is 12.4. The van der Waals surface area contributed by atoms with E-state index < -0.39 is 52.7 Å². The van der Waals surface area contributed by atoms with Gasteiger partial charge in [0.1, 0.15) is 18.3 Å². The van der Waals surface area contributed by atoms with Gasteiger partial charge in [-0.05, 0) is 41.5 Å². The molecule has 0 saturated carbocycles. The molecule has 3 N–H and O–H groups in total. The van der Waals surface area contributed by atoms with Crippen LogP contribution in [-0.4, -0.2) is 78.6 Å². The second-order valence-corrected chi connectivity index (χ2v) is 7.96. The molecule has 28 heavy (non-hydrogen) atoms. The predicted octanol–water partition coefficient (Wildman–Crippen LogP) is 0.370. The highest BCUT2D eigenvalue weighted by atomic mass is 32.2. The van der Waals surface area contributed by atoms with Crippen molar-refractivity contribution in [2.45, 2.75) is 92.0 Å². The van der Waals surface area contributed by atoms with E-state index in [1.807, 2.05) is 0 Å². The highest BCUT2D eigenvalue weighted by Gasteiger charge is 2.19. The van der Waals surface area contributed by atoms with Gasteiger partial charge in [-0.2, -0.15) is 8.42 Å². The van der Waals surface area contributed by atoms with Crippen molar-refractivity contribution in [1.29, 1.82) is 0 Å². The van der Waals surface area contributed by atoms with Gasteiger partial charge in [0.15, 0.2) is 0 Å². The van der Waals surface area contributed by atoms with Crippen LogP contribution in [0.2, 0.25) is 0 Å². The molecule has 0 radical (unpaired) electrons. The molecule has 0 rings (SSSR count). The van der Waals surface area contributed by atoms with E-state index in [0.717, 1.165) is 6.26 Å². The maximum atomic E-state index is 10.7. The lowest BCUT2D eigenvalue weighted by molar-refractivity contribution is -0.150. The topological polar surface area (TPSA) is 157 Å². The normalized spacial score (nSPS) is 17.1. The van der Waals surface area contributed by atoms with Crippen LogP contribution >= 0.6 is 0 Å². The van der Waals surface area contributed by atoms with Crippen LogP contribution in [0, 0.1) is 0 Å². The van der Waals surface area contributed by atoms with Gasteiger partial charge in [-0.1, -0.05) is 0 Å². The number of rotatable bonds is 7. The summed E-state index contributed by atoms with van der Waals surface area (Å²) in [7, 11) is -3.50. The molecule has 0 heterocycles. The van der Waals surface area contributed by atoms with Gasteiger partial charge in [-0.25, -0.2) is 0 Å². The third-order valence-electron chi connectivity index (χ3n) is 3.07. The molecule has 0 saturated heterocycles. The summed E-state index contributed by atoms with van der Waals surface area (Å²) in [5, 5.41) is 25.6. The monoisotopic (exact) mass is 432 g/mol. The van der Waals surface area contributed by atoms with E-state index in [4.69, 9.17) is 20.1 Å². The van der Waals surface area contributed by atoms with E-state index in [2.05, 4.69) is 8.92 Å². The van der Waals surface area contributed by atoms with Crippen molar-refractivity contribution in [3.05, 3.63) is 0 Å². The van der Waals surface area contributed by atoms with Crippen LogP contribution in [0.4, 0.5) is 0 Å². The van der Waals surface area contributed by atoms with E-state index >= 15 is 0 Å². The van der Waals surface area contributed by atoms with Gasteiger partial charge < -0.3 is 24.8 Å². The quantitative estimate of drug-likeness (QED) is 0.379. The first-order valence-corrected chi connectivity index (χ1v) is 10.5. The molecule has 0 aliphatic heterocycles. The van der Waals surface area contributed by atoms with Crippen molar-refractivity contribution in [2.75, 3.05) is 6.26 Å². The number of aliphatic hydroxyl groups is 3. The molecule has 0 aromatic rings. The summed E-state index contributed by atoms with van der Waals surface area (Å²) in [5.74, 6) is -0.820. The second kappa shape index (κ2) is 15.6. The van der Waals surface area contributed by atoms with E-state index in [1.54, 1.807) is 34.6 Å². The first-order valence-electron chi connectivity index (χ1n) is 8.67. The Morgan fingerprint density at radius 1 is 0.679 bits per heavy atom. The molecule has 6 atom stereocenters. The number of carbonyl (C=O) groups excluding carboxylic acids is 2. The van der Waals surface area contributed by atoms with Gasteiger partial charge in [0.2, 0.25) is 0 Å². The highest BCUT2D eigenvalue weighted by Crippen LogP contribution is 2.06. The average Bonchev–Trinajstić information content (AvgIpc) is 2.45. The van der Waals surface area contributed by atoms with Gasteiger partial charge >= 0.3 is 11.9 Å². The predicted molar refractivity (Wildman–Crippen MR) is 103 cm³/mol. The Bertz CT molecular complexity index is 522. The number of hydrogen-bond donors (Lipinski definition) is 3. The summed E-state index contributed by atoms with van der Waals surface area (Å²) in [5.41, 5.74) is 0. The summed E-state index contributed by atoms with van der Waals surface area (Å²) in [6.07, 6.45) is -2.47. The molecule has 0 aliphatic rings. The minimum absolute atomic E-state index is 0.358. The molecule has 0 fully saturated rings. The molecule has 170 valence electrons. The van der Waals surface area contributed by atoms with Gasteiger partial charge in [0, 0.05) is 13.8 Å². The molecule has 11 heteroatoms. The molecule has 0 aliphatic carbocycles. The standard InChI is InChI=1S/C7H14O5S.C6H12O3.C4H10O2/c1-5(11-7(3)8)6(2)12-13(4,9)10;1-4(7)5(2)9-6(3)8;1-3(5)4(2)6/h5-6H,1-4H3;4-5,7H,1-3H3;3-6H,1-2H3/t5-,6+;4-,5+;3-,4+/m01./s1. The molecular weight excluding hydrogens is 396 g/mol. The lowest BCUT2D eigenvalue weighted by Gasteiger charge is -2.18. The fourth-order valence-electron chi connectivity index (χ4n) is 1.07. The molecule has 0 spiro atoms. The number of esters is 2. The smallest absolute Gasteiger partial charge is 0.302 e. The van der Waals surface area contributed by atoms with Crippen LogP contribution in [0.1, 0.15) is 55.4 Å². The zero-order valence-corrected chi connectivity index (χ0v) is 18.9. The molecule has 0 bridgehead atoms.